The molecule has 1 N–H and O–H groups in total. The number of carboxylic acids is 1. The topological polar surface area (TPSA) is 57.6 Å². The molecule has 1 aliphatic carbocycles. The Kier molecular flexibility index (Phi) is 3.17. The molecule has 1 aliphatic heterocycles. The Bertz CT molecular complexity index is 295. The molecule has 1 heterocycles. The van der Waals surface area contributed by atoms with Gasteiger partial charge in [0.15, 0.2) is 0 Å². The Hall–Kier alpha value is -1.06. The van der Waals surface area contributed by atoms with E-state index in [1.807, 2.05) is 4.90 Å². The maximum Gasteiger partial charge on any atom is 0.308 e. The molecular weight excluding hydrogens is 206 g/mol. The molecule has 1 amide bonds. The lowest BCUT2D eigenvalue weighted by atomic mass is 9.87. The summed E-state index contributed by atoms with van der Waals surface area (Å²) in [5.74, 6) is -0.525. The van der Waals surface area contributed by atoms with Gasteiger partial charge in [0.2, 0.25) is 5.91 Å². The SMILES string of the molecule is CC1CCC(N2C[C@@H](C(=O)O)CC2=O)CC1. The molecule has 2 aliphatic rings. The van der Waals surface area contributed by atoms with E-state index in [-0.39, 0.29) is 12.3 Å². The van der Waals surface area contributed by atoms with Crippen molar-refractivity contribution >= 4 is 11.9 Å². The van der Waals surface area contributed by atoms with E-state index < -0.39 is 11.9 Å². The molecule has 0 aromatic rings. The van der Waals surface area contributed by atoms with Crippen LogP contribution in [0.15, 0.2) is 0 Å². The van der Waals surface area contributed by atoms with Gasteiger partial charge in [-0.1, -0.05) is 6.92 Å². The number of rotatable bonds is 2. The number of aliphatic carboxylic acids is 1. The minimum atomic E-state index is -0.833. The fourth-order valence-electron chi connectivity index (χ4n) is 2.80. The van der Waals surface area contributed by atoms with E-state index in [4.69, 9.17) is 5.11 Å². The first kappa shape index (κ1) is 11.4. The van der Waals surface area contributed by atoms with Crippen LogP contribution in [0.1, 0.15) is 39.0 Å². The van der Waals surface area contributed by atoms with E-state index in [1.54, 1.807) is 0 Å². The van der Waals surface area contributed by atoms with Crippen LogP contribution >= 0.6 is 0 Å². The van der Waals surface area contributed by atoms with Crippen molar-refractivity contribution in [2.24, 2.45) is 11.8 Å². The first-order valence-electron chi connectivity index (χ1n) is 6.10. The Morgan fingerprint density at radius 1 is 1.31 bits per heavy atom. The minimum absolute atomic E-state index is 0.0342. The number of carbonyl (C=O) groups excluding carboxylic acids is 1. The second kappa shape index (κ2) is 4.44. The molecular formula is C12H19NO3. The number of hydrogen-bond donors (Lipinski definition) is 1. The third-order valence-corrected chi connectivity index (χ3v) is 3.93. The number of hydrogen-bond acceptors (Lipinski definition) is 2. The second-order valence-electron chi connectivity index (χ2n) is 5.20. The predicted octanol–water partition coefficient (Wildman–Crippen LogP) is 1.50. The first-order valence-corrected chi connectivity index (χ1v) is 6.10. The standard InChI is InChI=1S/C12H19NO3/c1-8-2-4-10(5-3-8)13-7-9(12(15)16)6-11(13)14/h8-10H,2-7H2,1H3,(H,15,16)/t8?,9-,10?/m0/s1. The highest BCUT2D eigenvalue weighted by Gasteiger charge is 2.38. The molecule has 0 aromatic carbocycles. The van der Waals surface area contributed by atoms with Crippen LogP contribution in [0.3, 0.4) is 0 Å². The van der Waals surface area contributed by atoms with Crippen molar-refractivity contribution in [2.45, 2.75) is 45.1 Å². The van der Waals surface area contributed by atoms with Gasteiger partial charge in [-0.15, -0.1) is 0 Å². The Balaban J connectivity index is 1.95. The molecule has 0 unspecified atom stereocenters. The first-order chi connectivity index (χ1) is 7.58. The average molecular weight is 225 g/mol. The molecule has 90 valence electrons. The summed E-state index contributed by atoms with van der Waals surface area (Å²) >= 11 is 0. The largest absolute Gasteiger partial charge is 0.481 e. The van der Waals surface area contributed by atoms with Gasteiger partial charge in [-0.05, 0) is 31.6 Å². The van der Waals surface area contributed by atoms with Gasteiger partial charge in [0.25, 0.3) is 0 Å². The third kappa shape index (κ3) is 2.20. The van der Waals surface area contributed by atoms with Gasteiger partial charge in [0.1, 0.15) is 0 Å². The Morgan fingerprint density at radius 3 is 2.44 bits per heavy atom. The van der Waals surface area contributed by atoms with Gasteiger partial charge >= 0.3 is 5.97 Å². The number of carbonyl (C=O) groups is 2. The minimum Gasteiger partial charge on any atom is -0.481 e. The van der Waals surface area contributed by atoms with E-state index in [1.165, 1.54) is 0 Å². The number of likely N-dealkylation sites (tertiary alicyclic amines) is 1. The van der Waals surface area contributed by atoms with Gasteiger partial charge in [-0.25, -0.2) is 0 Å². The van der Waals surface area contributed by atoms with Gasteiger partial charge in [0.05, 0.1) is 5.92 Å². The molecule has 1 atom stereocenters. The normalized spacial score (nSPS) is 35.4. The van der Waals surface area contributed by atoms with E-state index in [0.29, 0.717) is 12.6 Å². The molecule has 1 saturated carbocycles. The third-order valence-electron chi connectivity index (χ3n) is 3.93. The van der Waals surface area contributed by atoms with Crippen LogP contribution in [0.4, 0.5) is 0 Å². The van der Waals surface area contributed by atoms with E-state index in [9.17, 15) is 9.59 Å². The molecule has 2 rings (SSSR count). The zero-order valence-electron chi connectivity index (χ0n) is 9.69. The summed E-state index contributed by atoms with van der Waals surface area (Å²) in [4.78, 5) is 24.4. The maximum absolute atomic E-state index is 11.7. The summed E-state index contributed by atoms with van der Waals surface area (Å²) in [5, 5.41) is 8.91. The highest BCUT2D eigenvalue weighted by molar-refractivity contribution is 5.86. The van der Waals surface area contributed by atoms with E-state index in [2.05, 4.69) is 6.92 Å². The molecule has 1 saturated heterocycles. The Labute approximate surface area is 95.6 Å². The van der Waals surface area contributed by atoms with Crippen LogP contribution in [0, 0.1) is 11.8 Å². The fourth-order valence-corrected chi connectivity index (χ4v) is 2.80. The molecule has 0 spiro atoms. The lowest BCUT2D eigenvalue weighted by molar-refractivity contribution is -0.141. The van der Waals surface area contributed by atoms with Crippen LogP contribution in [0.25, 0.3) is 0 Å². The van der Waals surface area contributed by atoms with Crippen molar-refractivity contribution < 1.29 is 14.7 Å². The van der Waals surface area contributed by atoms with Crippen molar-refractivity contribution in [1.29, 1.82) is 0 Å². The van der Waals surface area contributed by atoms with Gasteiger partial charge in [-0.3, -0.25) is 9.59 Å². The van der Waals surface area contributed by atoms with Crippen molar-refractivity contribution in [2.75, 3.05) is 6.54 Å². The average Bonchev–Trinajstić information content (AvgIpc) is 2.62. The highest BCUT2D eigenvalue weighted by Crippen LogP contribution is 2.31. The van der Waals surface area contributed by atoms with Crippen molar-refractivity contribution in [3.8, 4) is 0 Å². The van der Waals surface area contributed by atoms with Crippen LogP contribution in [-0.2, 0) is 9.59 Å². The smallest absolute Gasteiger partial charge is 0.308 e. The summed E-state index contributed by atoms with van der Waals surface area (Å²) in [7, 11) is 0. The fraction of sp³-hybridized carbons (Fsp3) is 0.833. The van der Waals surface area contributed by atoms with Gasteiger partial charge in [-0.2, -0.15) is 0 Å². The lowest BCUT2D eigenvalue weighted by Gasteiger charge is -2.33. The highest BCUT2D eigenvalue weighted by atomic mass is 16.4. The summed E-state index contributed by atoms with van der Waals surface area (Å²) in [5.41, 5.74) is 0. The number of carboxylic acid groups (broad SMARTS) is 1. The molecule has 4 nitrogen and oxygen atoms in total. The van der Waals surface area contributed by atoms with Crippen molar-refractivity contribution in [3.63, 3.8) is 0 Å². The summed E-state index contributed by atoms with van der Waals surface area (Å²) in [6, 6.07) is 0.299. The van der Waals surface area contributed by atoms with Crippen LogP contribution in [0.5, 0.6) is 0 Å². The molecule has 4 heteroatoms. The molecule has 2 fully saturated rings. The quantitative estimate of drug-likeness (QED) is 0.774. The molecule has 0 aromatic heterocycles. The van der Waals surface area contributed by atoms with Gasteiger partial charge < -0.3 is 10.0 Å². The maximum atomic E-state index is 11.7. The molecule has 0 radical (unpaired) electrons. The van der Waals surface area contributed by atoms with Crippen LogP contribution in [-0.4, -0.2) is 34.5 Å². The summed E-state index contributed by atoms with van der Waals surface area (Å²) in [6.07, 6.45) is 4.60. The van der Waals surface area contributed by atoms with E-state index >= 15 is 0 Å². The molecule has 0 bridgehead atoms. The molecule has 16 heavy (non-hydrogen) atoms. The van der Waals surface area contributed by atoms with Crippen molar-refractivity contribution in [3.05, 3.63) is 0 Å². The number of nitrogens with zero attached hydrogens (tertiary/aromatic N) is 1. The zero-order valence-corrected chi connectivity index (χ0v) is 9.69. The monoisotopic (exact) mass is 225 g/mol. The predicted molar refractivity (Wildman–Crippen MR) is 58.9 cm³/mol. The van der Waals surface area contributed by atoms with Crippen LogP contribution < -0.4 is 0 Å². The Morgan fingerprint density at radius 2 is 1.94 bits per heavy atom. The van der Waals surface area contributed by atoms with Gasteiger partial charge in [0, 0.05) is 19.0 Å². The zero-order chi connectivity index (χ0) is 11.7. The lowest BCUT2D eigenvalue weighted by Crippen LogP contribution is -2.39. The second-order valence-corrected chi connectivity index (χ2v) is 5.20. The van der Waals surface area contributed by atoms with Crippen LogP contribution in [0.2, 0.25) is 0 Å². The van der Waals surface area contributed by atoms with E-state index in [0.717, 1.165) is 31.6 Å². The number of amides is 1. The summed E-state index contributed by atoms with van der Waals surface area (Å²) < 4.78 is 0. The van der Waals surface area contributed by atoms with Crippen molar-refractivity contribution in [1.82, 2.24) is 4.90 Å². The summed E-state index contributed by atoms with van der Waals surface area (Å²) in [6.45, 7) is 2.66.